The van der Waals surface area contributed by atoms with Crippen molar-refractivity contribution in [1.82, 2.24) is 30.2 Å². The third kappa shape index (κ3) is 4.59. The molecule has 32 heavy (non-hydrogen) atoms. The van der Waals surface area contributed by atoms with Crippen LogP contribution >= 0.6 is 11.8 Å². The zero-order valence-corrected chi connectivity index (χ0v) is 18.2. The number of carbonyl (C=O) groups excluding carboxylic acids is 1. The molecule has 0 fully saturated rings. The Balaban J connectivity index is 1.48. The Labute approximate surface area is 186 Å². The summed E-state index contributed by atoms with van der Waals surface area (Å²) in [7, 11) is -3.79. The highest BCUT2D eigenvalue weighted by Gasteiger charge is 2.17. The number of halogens is 1. The number of hydrogen-bond acceptors (Lipinski definition) is 8. The Morgan fingerprint density at radius 2 is 1.84 bits per heavy atom. The quantitative estimate of drug-likeness (QED) is 0.306. The number of sulfonamides is 1. The van der Waals surface area contributed by atoms with Gasteiger partial charge in [0.2, 0.25) is 15.2 Å². The van der Waals surface area contributed by atoms with Crippen LogP contribution in [0.4, 0.5) is 4.39 Å². The van der Waals surface area contributed by atoms with Gasteiger partial charge in [-0.1, -0.05) is 17.0 Å². The molecule has 0 spiro atoms. The number of nitrogens with zero attached hydrogens (tertiary/aromatic N) is 5. The van der Waals surface area contributed by atoms with Crippen LogP contribution in [0.2, 0.25) is 0 Å². The molecule has 0 amide bonds. The number of thioether (sulfide) groups is 1. The van der Waals surface area contributed by atoms with Crippen LogP contribution in [0.1, 0.15) is 16.1 Å². The highest BCUT2D eigenvalue weighted by Crippen LogP contribution is 2.23. The van der Waals surface area contributed by atoms with Crippen LogP contribution in [0.15, 0.2) is 58.6 Å². The summed E-state index contributed by atoms with van der Waals surface area (Å²) in [4.78, 5) is 16.6. The highest BCUT2D eigenvalue weighted by atomic mass is 32.2. The Bertz CT molecular complexity index is 1380. The number of primary sulfonamides is 1. The minimum Gasteiger partial charge on any atom is -0.293 e. The molecule has 3 N–H and O–H groups in total. The number of Topliss-reactive ketones (excluding diaryl/α,β-unsaturated/α-hetero) is 1. The second-order valence-corrected chi connectivity index (χ2v) is 9.16. The molecule has 0 atom stereocenters. The van der Waals surface area contributed by atoms with Gasteiger partial charge in [0.05, 0.1) is 22.0 Å². The lowest BCUT2D eigenvalue weighted by Gasteiger charge is -2.04. The van der Waals surface area contributed by atoms with Gasteiger partial charge in [-0.15, -0.1) is 10.2 Å². The lowest BCUT2D eigenvalue weighted by Crippen LogP contribution is -2.12. The summed E-state index contributed by atoms with van der Waals surface area (Å²) >= 11 is 1.14. The number of ketones is 1. The van der Waals surface area contributed by atoms with E-state index in [1.807, 2.05) is 0 Å². The number of nitrogens with one attached hydrogen (secondary N) is 1. The summed E-state index contributed by atoms with van der Waals surface area (Å²) in [6, 6.07) is 11.2. The van der Waals surface area contributed by atoms with Crippen LogP contribution in [-0.2, 0) is 10.0 Å². The molecule has 0 unspecified atom stereocenters. The number of aromatic amines is 1. The Kier molecular flexibility index (Phi) is 5.86. The molecule has 0 radical (unpaired) electrons. The minimum atomic E-state index is -3.79. The van der Waals surface area contributed by atoms with E-state index in [0.29, 0.717) is 33.6 Å². The van der Waals surface area contributed by atoms with E-state index < -0.39 is 15.8 Å². The molecule has 164 valence electrons. The van der Waals surface area contributed by atoms with Crippen LogP contribution in [0.5, 0.6) is 0 Å². The van der Waals surface area contributed by atoms with Gasteiger partial charge in [-0.25, -0.2) is 22.6 Å². The third-order valence-electron chi connectivity index (χ3n) is 4.49. The number of H-pyrrole nitrogens is 1. The third-order valence-corrected chi connectivity index (χ3v) is 6.27. The van der Waals surface area contributed by atoms with Gasteiger partial charge in [0, 0.05) is 5.56 Å². The largest absolute Gasteiger partial charge is 0.293 e. The topological polar surface area (TPSA) is 150 Å². The first-order valence-electron chi connectivity index (χ1n) is 9.12. The molecule has 0 aliphatic carbocycles. The maximum Gasteiger partial charge on any atom is 0.238 e. The average Bonchev–Trinajstić information content (AvgIpc) is 3.38. The molecule has 10 nitrogen and oxygen atoms in total. The molecule has 0 saturated heterocycles. The molecular formula is C19H16FN7O3S2. The molecule has 0 saturated carbocycles. The molecule has 0 bridgehead atoms. The standard InChI is InChI=1S/C19H16FN7O3S2/c1-11-17(23-26-27(11)14-6-8-15(9-7-14)32(21,29)30)18-22-19(25-24-18)31-10-16(28)12-2-4-13(20)5-3-12/h2-9H,10H2,1H3,(H2,21,29,30)(H,22,24,25). The fourth-order valence-electron chi connectivity index (χ4n) is 2.84. The van der Waals surface area contributed by atoms with E-state index in [1.54, 1.807) is 19.1 Å². The van der Waals surface area contributed by atoms with Gasteiger partial charge in [0.1, 0.15) is 5.82 Å². The summed E-state index contributed by atoms with van der Waals surface area (Å²) in [5, 5.41) is 20.5. The number of hydrogen-bond donors (Lipinski definition) is 2. The fraction of sp³-hybridized carbons (Fsp3) is 0.105. The van der Waals surface area contributed by atoms with Crippen molar-refractivity contribution in [1.29, 1.82) is 0 Å². The molecule has 4 rings (SSSR count). The molecule has 2 aromatic carbocycles. The van der Waals surface area contributed by atoms with Crippen molar-refractivity contribution in [3.63, 3.8) is 0 Å². The number of rotatable bonds is 7. The Hall–Kier alpha value is -3.42. The van der Waals surface area contributed by atoms with Crippen LogP contribution in [0.25, 0.3) is 17.2 Å². The van der Waals surface area contributed by atoms with Gasteiger partial charge in [0.15, 0.2) is 17.3 Å². The van der Waals surface area contributed by atoms with Crippen LogP contribution in [0, 0.1) is 12.7 Å². The lowest BCUT2D eigenvalue weighted by molar-refractivity contribution is 0.102. The van der Waals surface area contributed by atoms with Crippen molar-refractivity contribution in [3.8, 4) is 17.2 Å². The Morgan fingerprint density at radius 1 is 1.16 bits per heavy atom. The minimum absolute atomic E-state index is 0.00803. The zero-order chi connectivity index (χ0) is 22.9. The first-order valence-corrected chi connectivity index (χ1v) is 11.7. The molecule has 0 aliphatic heterocycles. The number of carbonyl (C=O) groups is 1. The van der Waals surface area contributed by atoms with E-state index in [-0.39, 0.29) is 16.4 Å². The van der Waals surface area contributed by atoms with E-state index in [4.69, 9.17) is 5.14 Å². The summed E-state index contributed by atoms with van der Waals surface area (Å²) in [5.41, 5.74) is 2.09. The second kappa shape index (κ2) is 8.61. The van der Waals surface area contributed by atoms with E-state index in [1.165, 1.54) is 41.1 Å². The molecule has 13 heteroatoms. The summed E-state index contributed by atoms with van der Waals surface area (Å²) in [6.45, 7) is 1.77. The summed E-state index contributed by atoms with van der Waals surface area (Å²) in [6.07, 6.45) is 0. The van der Waals surface area contributed by atoms with E-state index in [9.17, 15) is 17.6 Å². The molecule has 2 aromatic heterocycles. The van der Waals surface area contributed by atoms with E-state index in [0.717, 1.165) is 11.8 Å². The first-order chi connectivity index (χ1) is 15.2. The predicted molar refractivity (Wildman–Crippen MR) is 114 cm³/mol. The van der Waals surface area contributed by atoms with Gasteiger partial charge >= 0.3 is 0 Å². The average molecular weight is 474 g/mol. The van der Waals surface area contributed by atoms with Crippen LogP contribution < -0.4 is 5.14 Å². The van der Waals surface area contributed by atoms with Gasteiger partial charge in [-0.2, -0.15) is 4.98 Å². The van der Waals surface area contributed by atoms with Gasteiger partial charge in [-0.05, 0) is 55.5 Å². The second-order valence-electron chi connectivity index (χ2n) is 6.66. The SMILES string of the molecule is Cc1c(-c2nc(SCC(=O)c3ccc(F)cc3)n[nH]2)nnn1-c1ccc(S(N)(=O)=O)cc1. The maximum atomic E-state index is 13.0. The first kappa shape index (κ1) is 21.8. The van der Waals surface area contributed by atoms with Gasteiger partial charge in [-0.3, -0.25) is 9.89 Å². The van der Waals surface area contributed by atoms with Gasteiger partial charge in [0.25, 0.3) is 0 Å². The van der Waals surface area contributed by atoms with Crippen molar-refractivity contribution in [2.24, 2.45) is 5.14 Å². The number of benzene rings is 2. The highest BCUT2D eigenvalue weighted by molar-refractivity contribution is 7.99. The van der Waals surface area contributed by atoms with E-state index >= 15 is 0 Å². The smallest absolute Gasteiger partial charge is 0.238 e. The zero-order valence-electron chi connectivity index (χ0n) is 16.6. The van der Waals surface area contributed by atoms with Crippen molar-refractivity contribution >= 4 is 27.6 Å². The number of nitrogens with two attached hydrogens (primary N) is 1. The molecule has 2 heterocycles. The van der Waals surface area contributed by atoms with Crippen LogP contribution in [0.3, 0.4) is 0 Å². The fourth-order valence-corrected chi connectivity index (χ4v) is 4.04. The predicted octanol–water partition coefficient (Wildman–Crippen LogP) is 2.12. The number of aromatic nitrogens is 6. The summed E-state index contributed by atoms with van der Waals surface area (Å²) < 4.78 is 37.3. The van der Waals surface area contributed by atoms with Crippen molar-refractivity contribution in [3.05, 3.63) is 65.6 Å². The van der Waals surface area contributed by atoms with Gasteiger partial charge < -0.3 is 0 Å². The molecule has 0 aliphatic rings. The summed E-state index contributed by atoms with van der Waals surface area (Å²) in [5.74, 6) is -0.125. The monoisotopic (exact) mass is 473 g/mol. The lowest BCUT2D eigenvalue weighted by atomic mass is 10.1. The van der Waals surface area contributed by atoms with Crippen LogP contribution in [-0.4, -0.2) is 50.1 Å². The normalized spacial score (nSPS) is 11.6. The molecule has 4 aromatic rings. The molecular weight excluding hydrogens is 457 g/mol. The van der Waals surface area contributed by atoms with Crippen molar-refractivity contribution in [2.45, 2.75) is 17.0 Å². The maximum absolute atomic E-state index is 13.0. The van der Waals surface area contributed by atoms with Crippen molar-refractivity contribution < 1.29 is 17.6 Å². The Morgan fingerprint density at radius 3 is 2.50 bits per heavy atom. The van der Waals surface area contributed by atoms with Crippen molar-refractivity contribution in [2.75, 3.05) is 5.75 Å². The van der Waals surface area contributed by atoms with E-state index in [2.05, 4.69) is 25.5 Å².